The molecule has 5 nitrogen and oxygen atoms in total. The molecule has 0 aromatic heterocycles. The van der Waals surface area contributed by atoms with E-state index in [-0.39, 0.29) is 5.91 Å². The van der Waals surface area contributed by atoms with E-state index in [0.29, 0.717) is 39.1 Å². The number of nitrogens with zero attached hydrogens (tertiary/aromatic N) is 2. The highest BCUT2D eigenvalue weighted by Crippen LogP contribution is 2.22. The number of likely N-dealkylation sites (tertiary alicyclic amines) is 1. The van der Waals surface area contributed by atoms with E-state index in [1.807, 2.05) is 19.0 Å². The summed E-state index contributed by atoms with van der Waals surface area (Å²) in [4.78, 5) is 15.4. The number of rotatable bonds is 5. The van der Waals surface area contributed by atoms with Gasteiger partial charge in [0.05, 0.1) is 25.2 Å². The molecule has 1 N–H and O–H groups in total. The van der Waals surface area contributed by atoms with E-state index in [4.69, 9.17) is 4.74 Å². The first-order chi connectivity index (χ1) is 7.47. The molecule has 1 atom stereocenters. The highest BCUT2D eigenvalue weighted by Gasteiger charge is 2.38. The van der Waals surface area contributed by atoms with Crippen LogP contribution in [0.3, 0.4) is 0 Å². The van der Waals surface area contributed by atoms with Gasteiger partial charge in [0, 0.05) is 20.2 Å². The zero-order valence-corrected chi connectivity index (χ0v) is 10.4. The maximum atomic E-state index is 11.7. The Kier molecular flexibility index (Phi) is 4.70. The van der Waals surface area contributed by atoms with Gasteiger partial charge < -0.3 is 19.6 Å². The SMILES string of the molecule is COCCC(=O)N1CC[C@](O)(CN(C)C)C1. The molecule has 0 bridgehead atoms. The smallest absolute Gasteiger partial charge is 0.224 e. The summed E-state index contributed by atoms with van der Waals surface area (Å²) < 4.78 is 4.87. The Morgan fingerprint density at radius 2 is 2.25 bits per heavy atom. The summed E-state index contributed by atoms with van der Waals surface area (Å²) >= 11 is 0. The molecule has 1 amide bonds. The molecule has 0 radical (unpaired) electrons. The van der Waals surface area contributed by atoms with Crippen LogP contribution in [0.2, 0.25) is 0 Å². The second kappa shape index (κ2) is 5.61. The van der Waals surface area contributed by atoms with Gasteiger partial charge in [-0.15, -0.1) is 0 Å². The normalized spacial score (nSPS) is 25.4. The van der Waals surface area contributed by atoms with Gasteiger partial charge in [-0.1, -0.05) is 0 Å². The van der Waals surface area contributed by atoms with Crippen molar-refractivity contribution in [2.75, 3.05) is 47.4 Å². The number of β-amino-alcohol motifs (C(OH)–C–C–N with tert-alkyl or cyclic N) is 1. The van der Waals surface area contributed by atoms with Gasteiger partial charge in [-0.3, -0.25) is 4.79 Å². The van der Waals surface area contributed by atoms with Crippen molar-refractivity contribution >= 4 is 5.91 Å². The monoisotopic (exact) mass is 230 g/mol. The highest BCUT2D eigenvalue weighted by molar-refractivity contribution is 5.76. The molecule has 1 heterocycles. The molecular formula is C11H22N2O3. The summed E-state index contributed by atoms with van der Waals surface area (Å²) in [5.41, 5.74) is -0.744. The lowest BCUT2D eigenvalue weighted by atomic mass is 10.0. The molecule has 1 saturated heterocycles. The first kappa shape index (κ1) is 13.4. The van der Waals surface area contributed by atoms with Crippen LogP contribution >= 0.6 is 0 Å². The van der Waals surface area contributed by atoms with Crippen LogP contribution in [0, 0.1) is 0 Å². The van der Waals surface area contributed by atoms with Crippen molar-refractivity contribution in [1.29, 1.82) is 0 Å². The van der Waals surface area contributed by atoms with E-state index in [0.717, 1.165) is 0 Å². The Morgan fingerprint density at radius 3 is 2.81 bits per heavy atom. The fourth-order valence-corrected chi connectivity index (χ4v) is 2.13. The van der Waals surface area contributed by atoms with Gasteiger partial charge >= 0.3 is 0 Å². The molecule has 0 unspecified atom stereocenters. The molecule has 0 aromatic carbocycles. The molecule has 1 fully saturated rings. The van der Waals surface area contributed by atoms with Crippen LogP contribution in [-0.2, 0) is 9.53 Å². The summed E-state index contributed by atoms with van der Waals surface area (Å²) in [6, 6.07) is 0. The molecule has 1 rings (SSSR count). The zero-order chi connectivity index (χ0) is 12.2. The molecule has 0 spiro atoms. The number of hydrogen-bond acceptors (Lipinski definition) is 4. The average Bonchev–Trinajstić information content (AvgIpc) is 2.55. The summed E-state index contributed by atoms with van der Waals surface area (Å²) in [7, 11) is 5.43. The van der Waals surface area contributed by atoms with Gasteiger partial charge in [0.1, 0.15) is 0 Å². The number of likely N-dealkylation sites (N-methyl/N-ethyl adjacent to an activating group) is 1. The van der Waals surface area contributed by atoms with Crippen molar-refractivity contribution in [3.63, 3.8) is 0 Å². The third-order valence-electron chi connectivity index (χ3n) is 2.82. The molecule has 0 aliphatic carbocycles. The number of hydrogen-bond donors (Lipinski definition) is 1. The minimum Gasteiger partial charge on any atom is -0.387 e. The maximum absolute atomic E-state index is 11.7. The van der Waals surface area contributed by atoms with Crippen molar-refractivity contribution in [3.05, 3.63) is 0 Å². The standard InChI is InChI=1S/C11H22N2O3/c1-12(2)8-11(15)5-6-13(9-11)10(14)4-7-16-3/h15H,4-9H2,1-3H3/t11-/m0/s1. The Balaban J connectivity index is 2.42. The van der Waals surface area contributed by atoms with Crippen LogP contribution in [-0.4, -0.2) is 73.9 Å². The van der Waals surface area contributed by atoms with Crippen LogP contribution in [0.15, 0.2) is 0 Å². The molecule has 94 valence electrons. The van der Waals surface area contributed by atoms with Crippen molar-refractivity contribution < 1.29 is 14.6 Å². The van der Waals surface area contributed by atoms with E-state index in [1.165, 1.54) is 0 Å². The highest BCUT2D eigenvalue weighted by atomic mass is 16.5. The number of amides is 1. The molecule has 1 aliphatic heterocycles. The molecule has 1 aliphatic rings. The van der Waals surface area contributed by atoms with Gasteiger partial charge in [-0.2, -0.15) is 0 Å². The fraction of sp³-hybridized carbons (Fsp3) is 0.909. The Hall–Kier alpha value is -0.650. The Bertz CT molecular complexity index is 245. The topological polar surface area (TPSA) is 53.0 Å². The van der Waals surface area contributed by atoms with E-state index >= 15 is 0 Å². The number of carbonyl (C=O) groups is 1. The molecule has 16 heavy (non-hydrogen) atoms. The molecule has 0 aromatic rings. The summed E-state index contributed by atoms with van der Waals surface area (Å²) in [6.07, 6.45) is 1.05. The van der Waals surface area contributed by atoms with E-state index in [1.54, 1.807) is 12.0 Å². The first-order valence-corrected chi connectivity index (χ1v) is 5.61. The van der Waals surface area contributed by atoms with Crippen LogP contribution in [0.25, 0.3) is 0 Å². The molecule has 5 heteroatoms. The van der Waals surface area contributed by atoms with Crippen molar-refractivity contribution in [2.24, 2.45) is 0 Å². The van der Waals surface area contributed by atoms with Gasteiger partial charge in [-0.05, 0) is 20.5 Å². The first-order valence-electron chi connectivity index (χ1n) is 5.61. The van der Waals surface area contributed by atoms with Crippen LogP contribution in [0.1, 0.15) is 12.8 Å². The summed E-state index contributed by atoms with van der Waals surface area (Å²) in [5.74, 6) is 0.0662. The quantitative estimate of drug-likeness (QED) is 0.695. The summed E-state index contributed by atoms with van der Waals surface area (Å²) in [6.45, 7) is 2.13. The molecule has 0 saturated carbocycles. The second-order valence-electron chi connectivity index (χ2n) is 4.77. The van der Waals surface area contributed by atoms with Gasteiger partial charge in [0.15, 0.2) is 0 Å². The van der Waals surface area contributed by atoms with E-state index < -0.39 is 5.60 Å². The maximum Gasteiger partial charge on any atom is 0.224 e. The molecular weight excluding hydrogens is 208 g/mol. The summed E-state index contributed by atoms with van der Waals surface area (Å²) in [5, 5.41) is 10.2. The lowest BCUT2D eigenvalue weighted by Crippen LogP contribution is -2.43. The average molecular weight is 230 g/mol. The van der Waals surface area contributed by atoms with Crippen molar-refractivity contribution in [2.45, 2.75) is 18.4 Å². The van der Waals surface area contributed by atoms with E-state index in [9.17, 15) is 9.90 Å². The number of methoxy groups -OCH3 is 1. The third kappa shape index (κ3) is 3.73. The van der Waals surface area contributed by atoms with Gasteiger partial charge in [-0.25, -0.2) is 0 Å². The lowest BCUT2D eigenvalue weighted by molar-refractivity contribution is -0.132. The van der Waals surface area contributed by atoms with Gasteiger partial charge in [0.2, 0.25) is 5.91 Å². The number of carbonyl (C=O) groups excluding carboxylic acids is 1. The third-order valence-corrected chi connectivity index (χ3v) is 2.82. The van der Waals surface area contributed by atoms with Crippen molar-refractivity contribution in [3.8, 4) is 0 Å². The van der Waals surface area contributed by atoms with Crippen LogP contribution in [0.5, 0.6) is 0 Å². The van der Waals surface area contributed by atoms with E-state index in [2.05, 4.69) is 0 Å². The predicted molar refractivity (Wildman–Crippen MR) is 61.2 cm³/mol. The Morgan fingerprint density at radius 1 is 1.56 bits per heavy atom. The Labute approximate surface area is 97.0 Å². The van der Waals surface area contributed by atoms with Crippen LogP contribution < -0.4 is 0 Å². The minimum absolute atomic E-state index is 0.0662. The van der Waals surface area contributed by atoms with Crippen molar-refractivity contribution in [1.82, 2.24) is 9.80 Å². The lowest BCUT2D eigenvalue weighted by Gasteiger charge is -2.26. The fourth-order valence-electron chi connectivity index (χ4n) is 2.13. The zero-order valence-electron chi connectivity index (χ0n) is 10.4. The minimum atomic E-state index is -0.744. The number of aliphatic hydroxyl groups is 1. The van der Waals surface area contributed by atoms with Gasteiger partial charge in [0.25, 0.3) is 0 Å². The largest absolute Gasteiger partial charge is 0.387 e. The predicted octanol–water partition coefficient (Wildman–Crippen LogP) is -0.452. The number of ether oxygens (including phenoxy) is 1. The van der Waals surface area contributed by atoms with Crippen LogP contribution in [0.4, 0.5) is 0 Å². The second-order valence-corrected chi connectivity index (χ2v) is 4.77.